The molecule has 2 N–H and O–H groups in total. The van der Waals surface area contributed by atoms with Crippen LogP contribution in [0.25, 0.3) is 0 Å². The summed E-state index contributed by atoms with van der Waals surface area (Å²) < 4.78 is 7.67. The molecule has 0 amide bonds. The molecule has 1 saturated heterocycles. The molecule has 2 rings (SSSR count). The van der Waals surface area contributed by atoms with Crippen LogP contribution in [-0.4, -0.2) is 22.9 Å². The van der Waals surface area contributed by atoms with E-state index in [0.717, 1.165) is 25.1 Å². The molecule has 2 atom stereocenters. The molecule has 1 aliphatic rings. The van der Waals surface area contributed by atoms with E-state index in [9.17, 15) is 0 Å². The third kappa shape index (κ3) is 2.06. The fraction of sp³-hybridized carbons (Fsp3) is 0.727. The average molecular weight is 209 g/mol. The Morgan fingerprint density at radius 2 is 2.47 bits per heavy atom. The number of aryl methyl sites for hydroxylation is 2. The van der Waals surface area contributed by atoms with Crippen LogP contribution in [0.4, 0.5) is 0 Å². The van der Waals surface area contributed by atoms with Crippen molar-refractivity contribution >= 4 is 0 Å². The summed E-state index contributed by atoms with van der Waals surface area (Å²) in [6.07, 6.45) is 4.48. The van der Waals surface area contributed by atoms with Crippen LogP contribution in [-0.2, 0) is 11.8 Å². The molecule has 0 saturated carbocycles. The summed E-state index contributed by atoms with van der Waals surface area (Å²) in [5, 5.41) is 4.35. The number of ether oxygens (including phenoxy) is 1. The zero-order chi connectivity index (χ0) is 10.8. The van der Waals surface area contributed by atoms with Crippen molar-refractivity contribution in [1.82, 2.24) is 9.78 Å². The van der Waals surface area contributed by atoms with Gasteiger partial charge in [0.25, 0.3) is 0 Å². The molecule has 4 heteroatoms. The molecule has 2 unspecified atom stereocenters. The summed E-state index contributed by atoms with van der Waals surface area (Å²) in [6.45, 7) is 3.56. The molecular formula is C11H19N3O. The van der Waals surface area contributed by atoms with Crippen LogP contribution in [0.3, 0.4) is 0 Å². The van der Waals surface area contributed by atoms with Gasteiger partial charge in [-0.2, -0.15) is 5.10 Å². The third-order valence-electron chi connectivity index (χ3n) is 3.11. The maximum absolute atomic E-state index is 5.83. The Morgan fingerprint density at radius 1 is 1.67 bits per heavy atom. The zero-order valence-electron chi connectivity index (χ0n) is 9.44. The van der Waals surface area contributed by atoms with Gasteiger partial charge in [0.2, 0.25) is 0 Å². The van der Waals surface area contributed by atoms with Crippen LogP contribution in [0.5, 0.6) is 0 Å². The number of nitrogens with zero attached hydrogens (tertiary/aromatic N) is 2. The molecule has 2 heterocycles. The van der Waals surface area contributed by atoms with Crippen molar-refractivity contribution in [2.45, 2.75) is 25.9 Å². The molecule has 84 valence electrons. The van der Waals surface area contributed by atoms with Gasteiger partial charge in [-0.15, -0.1) is 0 Å². The Morgan fingerprint density at radius 3 is 3.07 bits per heavy atom. The van der Waals surface area contributed by atoms with Crippen LogP contribution in [0.15, 0.2) is 6.20 Å². The van der Waals surface area contributed by atoms with Crippen molar-refractivity contribution in [3.8, 4) is 0 Å². The van der Waals surface area contributed by atoms with Crippen molar-refractivity contribution in [1.29, 1.82) is 0 Å². The second-order valence-corrected chi connectivity index (χ2v) is 4.27. The van der Waals surface area contributed by atoms with Gasteiger partial charge < -0.3 is 10.5 Å². The molecule has 0 aliphatic carbocycles. The van der Waals surface area contributed by atoms with E-state index in [1.54, 1.807) is 0 Å². The molecule has 1 aromatic heterocycles. The van der Waals surface area contributed by atoms with E-state index >= 15 is 0 Å². The molecule has 0 bridgehead atoms. The van der Waals surface area contributed by atoms with Gasteiger partial charge in [0.1, 0.15) is 0 Å². The second kappa shape index (κ2) is 4.33. The Labute approximate surface area is 90.4 Å². The van der Waals surface area contributed by atoms with Crippen LogP contribution < -0.4 is 5.73 Å². The minimum absolute atomic E-state index is 0.150. The molecule has 1 aromatic rings. The lowest BCUT2D eigenvalue weighted by molar-refractivity contribution is -0.0255. The van der Waals surface area contributed by atoms with Crippen LogP contribution in [0.2, 0.25) is 0 Å². The maximum Gasteiger partial charge on any atom is 0.0898 e. The largest absolute Gasteiger partial charge is 0.373 e. The number of nitrogens with two attached hydrogens (primary N) is 1. The summed E-state index contributed by atoms with van der Waals surface area (Å²) >= 11 is 0. The summed E-state index contributed by atoms with van der Waals surface area (Å²) in [6, 6.07) is 0. The minimum atomic E-state index is 0.150. The normalized spacial score (nSPS) is 26.9. The maximum atomic E-state index is 5.83. The first-order valence-corrected chi connectivity index (χ1v) is 5.54. The molecule has 1 fully saturated rings. The predicted octanol–water partition coefficient (Wildman–Crippen LogP) is 1.15. The number of hydrogen-bond donors (Lipinski definition) is 1. The molecule has 0 radical (unpaired) electrons. The van der Waals surface area contributed by atoms with Crippen LogP contribution in [0.1, 0.15) is 30.2 Å². The van der Waals surface area contributed by atoms with Crippen molar-refractivity contribution in [2.75, 3.05) is 13.2 Å². The third-order valence-corrected chi connectivity index (χ3v) is 3.11. The predicted molar refractivity (Wildman–Crippen MR) is 58.4 cm³/mol. The standard InChI is InChI=1S/C11H19N3O/c1-8-10(7-14(2)13-8)11-9(6-12)4-3-5-15-11/h7,9,11H,3-6,12H2,1-2H3. The molecule has 1 aliphatic heterocycles. The number of aromatic nitrogens is 2. The summed E-state index contributed by atoms with van der Waals surface area (Å²) in [4.78, 5) is 0. The van der Waals surface area contributed by atoms with E-state index < -0.39 is 0 Å². The minimum Gasteiger partial charge on any atom is -0.373 e. The number of hydrogen-bond acceptors (Lipinski definition) is 3. The summed E-state index contributed by atoms with van der Waals surface area (Å²) in [5.41, 5.74) is 8.04. The highest BCUT2D eigenvalue weighted by molar-refractivity contribution is 5.20. The molecular weight excluding hydrogens is 190 g/mol. The molecule has 0 aromatic carbocycles. The fourth-order valence-electron chi connectivity index (χ4n) is 2.33. The van der Waals surface area contributed by atoms with Gasteiger partial charge in [0.05, 0.1) is 11.8 Å². The summed E-state index contributed by atoms with van der Waals surface area (Å²) in [5.74, 6) is 0.446. The highest BCUT2D eigenvalue weighted by Crippen LogP contribution is 2.33. The Kier molecular flexibility index (Phi) is 3.07. The van der Waals surface area contributed by atoms with Crippen molar-refractivity contribution in [3.05, 3.63) is 17.5 Å². The highest BCUT2D eigenvalue weighted by atomic mass is 16.5. The van der Waals surface area contributed by atoms with Gasteiger partial charge in [-0.05, 0) is 26.3 Å². The Bertz CT molecular complexity index is 335. The summed E-state index contributed by atoms with van der Waals surface area (Å²) in [7, 11) is 1.94. The van der Waals surface area contributed by atoms with Gasteiger partial charge in [0.15, 0.2) is 0 Å². The van der Waals surface area contributed by atoms with E-state index in [0.29, 0.717) is 12.5 Å². The van der Waals surface area contributed by atoms with Crippen molar-refractivity contribution < 1.29 is 4.74 Å². The van der Waals surface area contributed by atoms with Crippen LogP contribution >= 0.6 is 0 Å². The second-order valence-electron chi connectivity index (χ2n) is 4.27. The van der Waals surface area contributed by atoms with Crippen molar-refractivity contribution in [2.24, 2.45) is 18.7 Å². The average Bonchev–Trinajstić information content (AvgIpc) is 2.57. The Hall–Kier alpha value is -0.870. The molecule has 15 heavy (non-hydrogen) atoms. The lowest BCUT2D eigenvalue weighted by Crippen LogP contribution is -2.28. The molecule has 0 spiro atoms. The topological polar surface area (TPSA) is 53.1 Å². The smallest absolute Gasteiger partial charge is 0.0898 e. The van der Waals surface area contributed by atoms with Gasteiger partial charge in [-0.25, -0.2) is 0 Å². The quantitative estimate of drug-likeness (QED) is 0.795. The van der Waals surface area contributed by atoms with E-state index in [4.69, 9.17) is 10.5 Å². The highest BCUT2D eigenvalue weighted by Gasteiger charge is 2.28. The van der Waals surface area contributed by atoms with E-state index in [-0.39, 0.29) is 6.10 Å². The van der Waals surface area contributed by atoms with Gasteiger partial charge in [-0.3, -0.25) is 4.68 Å². The lowest BCUT2D eigenvalue weighted by Gasteiger charge is -2.30. The van der Waals surface area contributed by atoms with E-state index in [1.165, 1.54) is 5.56 Å². The Balaban J connectivity index is 2.23. The first-order valence-electron chi connectivity index (χ1n) is 5.54. The zero-order valence-corrected chi connectivity index (χ0v) is 9.44. The van der Waals surface area contributed by atoms with Gasteiger partial charge in [-0.1, -0.05) is 0 Å². The van der Waals surface area contributed by atoms with Crippen LogP contribution in [0, 0.1) is 12.8 Å². The van der Waals surface area contributed by atoms with Gasteiger partial charge >= 0.3 is 0 Å². The van der Waals surface area contributed by atoms with Gasteiger partial charge in [0, 0.05) is 31.3 Å². The van der Waals surface area contributed by atoms with Crippen molar-refractivity contribution in [3.63, 3.8) is 0 Å². The molecule has 4 nitrogen and oxygen atoms in total. The first-order chi connectivity index (χ1) is 7.22. The monoisotopic (exact) mass is 209 g/mol. The lowest BCUT2D eigenvalue weighted by atomic mass is 9.90. The van der Waals surface area contributed by atoms with E-state index in [1.807, 2.05) is 24.9 Å². The SMILES string of the molecule is Cc1nn(C)cc1C1OCCCC1CN. The van der Waals surface area contributed by atoms with E-state index in [2.05, 4.69) is 5.10 Å². The fourth-order valence-corrected chi connectivity index (χ4v) is 2.33. The number of rotatable bonds is 2. The first kappa shape index (κ1) is 10.6.